The first-order valence-corrected chi connectivity index (χ1v) is 8.29. The van der Waals surface area contributed by atoms with Gasteiger partial charge >= 0.3 is 0 Å². The van der Waals surface area contributed by atoms with Crippen LogP contribution in [0.3, 0.4) is 0 Å². The van der Waals surface area contributed by atoms with Gasteiger partial charge in [-0.2, -0.15) is 0 Å². The molecule has 1 rings (SSSR count). The molecule has 1 heterocycles. The Kier molecular flexibility index (Phi) is 8.15. The monoisotopic (exact) mass is 283 g/mol. The van der Waals surface area contributed by atoms with Crippen molar-refractivity contribution in [1.82, 2.24) is 14.7 Å². The molecule has 118 valence electrons. The maximum atomic E-state index is 12.4. The maximum absolute atomic E-state index is 12.4. The van der Waals surface area contributed by atoms with E-state index in [1.807, 2.05) is 4.90 Å². The van der Waals surface area contributed by atoms with E-state index in [0.29, 0.717) is 11.8 Å². The zero-order valence-corrected chi connectivity index (χ0v) is 13.9. The summed E-state index contributed by atoms with van der Waals surface area (Å²) in [6, 6.07) is 0. The molecule has 1 aliphatic heterocycles. The van der Waals surface area contributed by atoms with Crippen molar-refractivity contribution in [1.29, 1.82) is 0 Å². The Balaban J connectivity index is 2.34. The summed E-state index contributed by atoms with van der Waals surface area (Å²) in [5.41, 5.74) is 0. The number of likely N-dealkylation sites (N-methyl/N-ethyl adjacent to an activating group) is 2. The molecule has 0 aliphatic carbocycles. The zero-order valence-electron chi connectivity index (χ0n) is 13.9. The molecule has 4 heteroatoms. The molecule has 0 saturated carbocycles. The fourth-order valence-electron chi connectivity index (χ4n) is 2.90. The van der Waals surface area contributed by atoms with E-state index in [1.54, 1.807) is 0 Å². The van der Waals surface area contributed by atoms with Crippen LogP contribution in [-0.2, 0) is 4.79 Å². The summed E-state index contributed by atoms with van der Waals surface area (Å²) in [5, 5.41) is 0. The quantitative estimate of drug-likeness (QED) is 0.681. The third-order valence-electron chi connectivity index (χ3n) is 4.62. The van der Waals surface area contributed by atoms with Crippen molar-refractivity contribution in [2.75, 3.05) is 52.9 Å². The molecule has 4 nitrogen and oxygen atoms in total. The van der Waals surface area contributed by atoms with Crippen molar-refractivity contribution in [2.24, 2.45) is 5.92 Å². The smallest absolute Gasteiger partial charge is 0.222 e. The van der Waals surface area contributed by atoms with Gasteiger partial charge in [-0.05, 0) is 58.9 Å². The SMILES string of the molecule is CCN(CC)CCN(CC)C(=O)CC1CCN(C)CC1. The average molecular weight is 283 g/mol. The summed E-state index contributed by atoms with van der Waals surface area (Å²) in [4.78, 5) is 19.2. The van der Waals surface area contributed by atoms with Crippen LogP contribution in [0.4, 0.5) is 0 Å². The van der Waals surface area contributed by atoms with Crippen LogP contribution >= 0.6 is 0 Å². The molecule has 0 atom stereocenters. The first kappa shape index (κ1) is 17.4. The van der Waals surface area contributed by atoms with Crippen LogP contribution in [0, 0.1) is 5.92 Å². The highest BCUT2D eigenvalue weighted by Gasteiger charge is 2.22. The summed E-state index contributed by atoms with van der Waals surface area (Å²) in [6.45, 7) is 13.6. The fourth-order valence-corrected chi connectivity index (χ4v) is 2.90. The normalized spacial score (nSPS) is 17.6. The summed E-state index contributed by atoms with van der Waals surface area (Å²) >= 11 is 0. The second kappa shape index (κ2) is 9.35. The van der Waals surface area contributed by atoms with E-state index in [2.05, 4.69) is 37.6 Å². The molecular formula is C16H33N3O. The molecule has 0 radical (unpaired) electrons. The van der Waals surface area contributed by atoms with Crippen LogP contribution in [0.15, 0.2) is 0 Å². The van der Waals surface area contributed by atoms with Crippen molar-refractivity contribution in [3.63, 3.8) is 0 Å². The predicted octanol–water partition coefficient (Wildman–Crippen LogP) is 1.91. The first-order valence-electron chi connectivity index (χ1n) is 8.29. The highest BCUT2D eigenvalue weighted by Crippen LogP contribution is 2.20. The number of hydrogen-bond donors (Lipinski definition) is 0. The fraction of sp³-hybridized carbons (Fsp3) is 0.938. The van der Waals surface area contributed by atoms with E-state index in [4.69, 9.17) is 0 Å². The van der Waals surface area contributed by atoms with Crippen LogP contribution in [0.5, 0.6) is 0 Å². The van der Waals surface area contributed by atoms with E-state index >= 15 is 0 Å². The van der Waals surface area contributed by atoms with Gasteiger partial charge in [0.05, 0.1) is 0 Å². The third kappa shape index (κ3) is 5.80. The van der Waals surface area contributed by atoms with Crippen LogP contribution < -0.4 is 0 Å². The molecule has 1 aliphatic rings. The minimum atomic E-state index is 0.356. The molecule has 0 aromatic heterocycles. The van der Waals surface area contributed by atoms with E-state index in [0.717, 1.165) is 52.2 Å². The van der Waals surface area contributed by atoms with Gasteiger partial charge in [0.25, 0.3) is 0 Å². The number of carbonyl (C=O) groups excluding carboxylic acids is 1. The van der Waals surface area contributed by atoms with E-state index in [-0.39, 0.29) is 0 Å². The van der Waals surface area contributed by atoms with Gasteiger partial charge in [-0.1, -0.05) is 13.8 Å². The van der Waals surface area contributed by atoms with Crippen molar-refractivity contribution in [3.8, 4) is 0 Å². The summed E-state index contributed by atoms with van der Waals surface area (Å²) in [6.07, 6.45) is 3.10. The Morgan fingerprint density at radius 3 is 2.15 bits per heavy atom. The van der Waals surface area contributed by atoms with Gasteiger partial charge in [-0.25, -0.2) is 0 Å². The van der Waals surface area contributed by atoms with Crippen molar-refractivity contribution >= 4 is 5.91 Å². The number of nitrogens with zero attached hydrogens (tertiary/aromatic N) is 3. The van der Waals surface area contributed by atoms with Crippen LogP contribution in [0.1, 0.15) is 40.0 Å². The predicted molar refractivity (Wildman–Crippen MR) is 84.9 cm³/mol. The number of rotatable bonds is 8. The number of likely N-dealkylation sites (tertiary alicyclic amines) is 1. The Hall–Kier alpha value is -0.610. The Morgan fingerprint density at radius 2 is 1.65 bits per heavy atom. The van der Waals surface area contributed by atoms with Crippen molar-refractivity contribution in [2.45, 2.75) is 40.0 Å². The minimum Gasteiger partial charge on any atom is -0.342 e. The summed E-state index contributed by atoms with van der Waals surface area (Å²) < 4.78 is 0. The Labute approximate surface area is 125 Å². The molecule has 1 saturated heterocycles. The standard InChI is InChI=1S/C16H33N3O/c1-5-18(6-2)12-13-19(7-3)16(20)14-15-8-10-17(4)11-9-15/h15H,5-14H2,1-4H3. The summed E-state index contributed by atoms with van der Waals surface area (Å²) in [7, 11) is 2.17. The lowest BCUT2D eigenvalue weighted by atomic mass is 9.93. The minimum absolute atomic E-state index is 0.356. The van der Waals surface area contributed by atoms with Crippen LogP contribution in [-0.4, -0.2) is 73.5 Å². The molecule has 0 aromatic carbocycles. The van der Waals surface area contributed by atoms with Gasteiger partial charge in [0.2, 0.25) is 5.91 Å². The Bertz CT molecular complexity index is 271. The summed E-state index contributed by atoms with van der Waals surface area (Å²) in [5.74, 6) is 0.954. The molecule has 0 aromatic rings. The second-order valence-corrected chi connectivity index (χ2v) is 5.95. The Morgan fingerprint density at radius 1 is 1.05 bits per heavy atom. The largest absolute Gasteiger partial charge is 0.342 e. The van der Waals surface area contributed by atoms with E-state index in [9.17, 15) is 4.79 Å². The zero-order chi connectivity index (χ0) is 15.0. The van der Waals surface area contributed by atoms with Gasteiger partial charge in [-0.15, -0.1) is 0 Å². The van der Waals surface area contributed by atoms with E-state index < -0.39 is 0 Å². The molecule has 0 bridgehead atoms. The van der Waals surface area contributed by atoms with Gasteiger partial charge in [0.15, 0.2) is 0 Å². The third-order valence-corrected chi connectivity index (χ3v) is 4.62. The molecule has 20 heavy (non-hydrogen) atoms. The molecule has 1 fully saturated rings. The van der Waals surface area contributed by atoms with Gasteiger partial charge < -0.3 is 14.7 Å². The van der Waals surface area contributed by atoms with Crippen molar-refractivity contribution in [3.05, 3.63) is 0 Å². The van der Waals surface area contributed by atoms with Crippen molar-refractivity contribution < 1.29 is 4.79 Å². The number of carbonyl (C=O) groups is 1. The van der Waals surface area contributed by atoms with Gasteiger partial charge in [0.1, 0.15) is 0 Å². The first-order chi connectivity index (χ1) is 9.60. The number of piperidine rings is 1. The molecule has 0 spiro atoms. The van der Waals surface area contributed by atoms with Gasteiger partial charge in [0, 0.05) is 26.1 Å². The molecule has 0 unspecified atom stereocenters. The topological polar surface area (TPSA) is 26.8 Å². The molecule has 1 amide bonds. The lowest BCUT2D eigenvalue weighted by Gasteiger charge is -2.31. The van der Waals surface area contributed by atoms with E-state index in [1.165, 1.54) is 12.8 Å². The second-order valence-electron chi connectivity index (χ2n) is 5.95. The lowest BCUT2D eigenvalue weighted by molar-refractivity contribution is -0.132. The lowest BCUT2D eigenvalue weighted by Crippen LogP contribution is -2.40. The maximum Gasteiger partial charge on any atom is 0.222 e. The van der Waals surface area contributed by atoms with Crippen LogP contribution in [0.25, 0.3) is 0 Å². The highest BCUT2D eigenvalue weighted by atomic mass is 16.2. The van der Waals surface area contributed by atoms with Gasteiger partial charge in [-0.3, -0.25) is 4.79 Å². The highest BCUT2D eigenvalue weighted by molar-refractivity contribution is 5.76. The molecular weight excluding hydrogens is 250 g/mol. The number of hydrogen-bond acceptors (Lipinski definition) is 3. The van der Waals surface area contributed by atoms with Crippen LogP contribution in [0.2, 0.25) is 0 Å². The average Bonchev–Trinajstić information content (AvgIpc) is 2.46. The number of amides is 1. The molecule has 0 N–H and O–H groups in total.